The molecule has 6 heteroatoms. The molecular weight excluding hydrogens is 280 g/mol. The number of methoxy groups -OCH3 is 2. The molecule has 5 nitrogen and oxygen atoms in total. The Morgan fingerprint density at radius 2 is 2.00 bits per heavy atom. The molecular formula is C14H19ClN2O3. The monoisotopic (exact) mass is 298 g/mol. The Labute approximate surface area is 124 Å². The number of fused-ring (bicyclic) bond motifs is 1. The summed E-state index contributed by atoms with van der Waals surface area (Å²) in [6.45, 7) is 1.04. The number of halogens is 1. The van der Waals surface area contributed by atoms with Gasteiger partial charge in [0.15, 0.2) is 23.7 Å². The number of benzene rings is 1. The molecule has 0 saturated carbocycles. The molecule has 0 radical (unpaired) electrons. The number of hydrogen-bond acceptors (Lipinski definition) is 3. The predicted molar refractivity (Wildman–Crippen MR) is 69.3 cm³/mol. The van der Waals surface area contributed by atoms with Crippen molar-refractivity contribution in [1.29, 1.82) is 0 Å². The van der Waals surface area contributed by atoms with Gasteiger partial charge in [-0.3, -0.25) is 10.1 Å². The van der Waals surface area contributed by atoms with Crippen molar-refractivity contribution >= 4 is 5.91 Å². The normalized spacial score (nSPS) is 27.5. The van der Waals surface area contributed by atoms with Crippen LogP contribution in [0.3, 0.4) is 0 Å². The Kier molecular flexibility index (Phi) is 4.40. The Balaban J connectivity index is 0.00000147. The van der Waals surface area contributed by atoms with Crippen molar-refractivity contribution in [1.82, 2.24) is 5.32 Å². The Bertz CT molecular complexity index is 509. The average Bonchev–Trinajstić information content (AvgIpc) is 3.02. The number of nitrogens with one attached hydrogen (secondary N) is 2. The SMILES string of the molecule is COc1ccc(C2NC(=O)C3CCC[NH+]32)cc1OC.[Cl-]. The van der Waals surface area contributed by atoms with Gasteiger partial charge in [0.05, 0.1) is 20.8 Å². The van der Waals surface area contributed by atoms with Gasteiger partial charge < -0.3 is 26.8 Å². The number of ether oxygens (including phenoxy) is 2. The first-order chi connectivity index (χ1) is 9.24. The van der Waals surface area contributed by atoms with Crippen LogP contribution < -0.4 is 32.1 Å². The van der Waals surface area contributed by atoms with E-state index in [1.807, 2.05) is 18.2 Å². The van der Waals surface area contributed by atoms with Gasteiger partial charge in [-0.2, -0.15) is 0 Å². The van der Waals surface area contributed by atoms with E-state index in [4.69, 9.17) is 9.47 Å². The third-order valence-electron chi connectivity index (χ3n) is 4.12. The van der Waals surface area contributed by atoms with Crippen molar-refractivity contribution in [3.05, 3.63) is 23.8 Å². The van der Waals surface area contributed by atoms with E-state index in [1.54, 1.807) is 14.2 Å². The molecule has 3 unspecified atom stereocenters. The molecule has 110 valence electrons. The maximum atomic E-state index is 11.9. The minimum absolute atomic E-state index is 0. The molecule has 2 fully saturated rings. The maximum Gasteiger partial charge on any atom is 0.283 e. The highest BCUT2D eigenvalue weighted by molar-refractivity contribution is 5.82. The second-order valence-electron chi connectivity index (χ2n) is 5.08. The number of hydrogen-bond donors (Lipinski definition) is 2. The lowest BCUT2D eigenvalue weighted by molar-refractivity contribution is -0.927. The third-order valence-corrected chi connectivity index (χ3v) is 4.12. The molecule has 0 bridgehead atoms. The van der Waals surface area contributed by atoms with Crippen LogP contribution in [0.1, 0.15) is 24.6 Å². The van der Waals surface area contributed by atoms with E-state index in [1.165, 1.54) is 4.90 Å². The average molecular weight is 299 g/mol. The van der Waals surface area contributed by atoms with Gasteiger partial charge >= 0.3 is 0 Å². The second kappa shape index (κ2) is 5.89. The summed E-state index contributed by atoms with van der Waals surface area (Å²) in [5.41, 5.74) is 1.07. The Hall–Kier alpha value is -1.46. The van der Waals surface area contributed by atoms with E-state index >= 15 is 0 Å². The molecule has 20 heavy (non-hydrogen) atoms. The van der Waals surface area contributed by atoms with Gasteiger partial charge in [0.25, 0.3) is 5.91 Å². The van der Waals surface area contributed by atoms with Crippen LogP contribution in [0.4, 0.5) is 0 Å². The minimum Gasteiger partial charge on any atom is -1.00 e. The summed E-state index contributed by atoms with van der Waals surface area (Å²) in [7, 11) is 3.25. The van der Waals surface area contributed by atoms with E-state index in [0.717, 1.165) is 24.9 Å². The molecule has 3 rings (SSSR count). The third kappa shape index (κ3) is 2.31. The number of carbonyl (C=O) groups is 1. The second-order valence-corrected chi connectivity index (χ2v) is 5.08. The van der Waals surface area contributed by atoms with Gasteiger partial charge in [0.1, 0.15) is 0 Å². The van der Waals surface area contributed by atoms with Crippen LogP contribution in [-0.2, 0) is 4.79 Å². The Morgan fingerprint density at radius 1 is 1.25 bits per heavy atom. The van der Waals surface area contributed by atoms with Crippen molar-refractivity contribution in [2.75, 3.05) is 20.8 Å². The fourth-order valence-corrected chi connectivity index (χ4v) is 3.18. The van der Waals surface area contributed by atoms with Crippen LogP contribution >= 0.6 is 0 Å². The van der Waals surface area contributed by atoms with Gasteiger partial charge in [-0.1, -0.05) is 0 Å². The number of quaternary nitrogens is 1. The highest BCUT2D eigenvalue weighted by atomic mass is 35.5. The summed E-state index contributed by atoms with van der Waals surface area (Å²) in [5.74, 6) is 1.59. The first kappa shape index (κ1) is 14.9. The van der Waals surface area contributed by atoms with Crippen LogP contribution in [0.15, 0.2) is 18.2 Å². The van der Waals surface area contributed by atoms with Crippen molar-refractivity contribution in [2.45, 2.75) is 25.0 Å². The summed E-state index contributed by atoms with van der Waals surface area (Å²) >= 11 is 0. The van der Waals surface area contributed by atoms with Gasteiger partial charge in [0.2, 0.25) is 0 Å². The van der Waals surface area contributed by atoms with Gasteiger partial charge in [-0.05, 0) is 18.2 Å². The largest absolute Gasteiger partial charge is 1.00 e. The first-order valence-electron chi connectivity index (χ1n) is 6.62. The zero-order chi connectivity index (χ0) is 13.4. The first-order valence-corrected chi connectivity index (χ1v) is 6.62. The number of carbonyl (C=O) groups excluding carboxylic acids is 1. The highest BCUT2D eigenvalue weighted by Gasteiger charge is 2.47. The standard InChI is InChI=1S/C14H18N2O3.ClH/c1-18-11-6-5-9(8-12(11)19-2)13-15-14(17)10-4-3-7-16(10)13;/h5-6,8,10,13H,3-4,7H2,1-2H3,(H,15,17);1H. The van der Waals surface area contributed by atoms with Gasteiger partial charge in [0, 0.05) is 18.4 Å². The quantitative estimate of drug-likeness (QED) is 0.621. The van der Waals surface area contributed by atoms with Crippen molar-refractivity contribution in [2.24, 2.45) is 0 Å². The van der Waals surface area contributed by atoms with Crippen LogP contribution in [0, 0.1) is 0 Å². The summed E-state index contributed by atoms with van der Waals surface area (Å²) in [6.07, 6.45) is 2.15. The summed E-state index contributed by atoms with van der Waals surface area (Å²) < 4.78 is 10.6. The Morgan fingerprint density at radius 3 is 2.70 bits per heavy atom. The molecule has 1 aromatic rings. The van der Waals surface area contributed by atoms with E-state index in [0.29, 0.717) is 11.5 Å². The highest BCUT2D eigenvalue weighted by Crippen LogP contribution is 2.30. The molecule has 2 saturated heterocycles. The molecule has 0 aliphatic carbocycles. The molecule has 2 heterocycles. The molecule has 2 aliphatic rings. The smallest absolute Gasteiger partial charge is 0.283 e. The minimum atomic E-state index is 0. The zero-order valence-corrected chi connectivity index (χ0v) is 12.4. The number of amides is 1. The number of rotatable bonds is 3. The van der Waals surface area contributed by atoms with E-state index in [9.17, 15) is 4.79 Å². The molecule has 2 aliphatic heterocycles. The van der Waals surface area contributed by atoms with E-state index in [2.05, 4.69) is 5.32 Å². The van der Waals surface area contributed by atoms with Crippen LogP contribution in [-0.4, -0.2) is 32.7 Å². The molecule has 0 spiro atoms. The summed E-state index contributed by atoms with van der Waals surface area (Å²) in [5, 5.41) is 3.09. The lowest BCUT2D eigenvalue weighted by atomic mass is 10.1. The van der Waals surface area contributed by atoms with E-state index in [-0.39, 0.29) is 30.5 Å². The van der Waals surface area contributed by atoms with Gasteiger partial charge in [-0.15, -0.1) is 0 Å². The van der Waals surface area contributed by atoms with E-state index < -0.39 is 0 Å². The molecule has 0 aromatic heterocycles. The lowest BCUT2D eigenvalue weighted by Gasteiger charge is -2.20. The zero-order valence-electron chi connectivity index (χ0n) is 11.6. The molecule has 1 amide bonds. The summed E-state index contributed by atoms with van der Waals surface area (Å²) in [4.78, 5) is 13.3. The van der Waals surface area contributed by atoms with Crippen LogP contribution in [0.25, 0.3) is 0 Å². The van der Waals surface area contributed by atoms with Crippen molar-refractivity contribution < 1.29 is 31.6 Å². The van der Waals surface area contributed by atoms with Crippen molar-refractivity contribution in [3.63, 3.8) is 0 Å². The van der Waals surface area contributed by atoms with Gasteiger partial charge in [-0.25, -0.2) is 0 Å². The predicted octanol–water partition coefficient (Wildman–Crippen LogP) is -3.12. The summed E-state index contributed by atoms with van der Waals surface area (Å²) in [6, 6.07) is 5.97. The molecule has 1 aromatic carbocycles. The fraction of sp³-hybridized carbons (Fsp3) is 0.500. The van der Waals surface area contributed by atoms with Crippen LogP contribution in [0.2, 0.25) is 0 Å². The van der Waals surface area contributed by atoms with Crippen molar-refractivity contribution in [3.8, 4) is 11.5 Å². The van der Waals surface area contributed by atoms with Crippen LogP contribution in [0.5, 0.6) is 11.5 Å². The maximum absolute atomic E-state index is 11.9. The lowest BCUT2D eigenvalue weighted by Crippen LogP contribution is -3.12. The topological polar surface area (TPSA) is 52.0 Å². The fourth-order valence-electron chi connectivity index (χ4n) is 3.18. The molecule has 2 N–H and O–H groups in total. The molecule has 3 atom stereocenters.